The van der Waals surface area contributed by atoms with E-state index in [-0.39, 0.29) is 12.5 Å². The lowest BCUT2D eigenvalue weighted by Gasteiger charge is -2.10. The van der Waals surface area contributed by atoms with E-state index in [0.717, 1.165) is 28.4 Å². The Hall–Kier alpha value is -1.81. The van der Waals surface area contributed by atoms with Crippen LogP contribution in [-0.4, -0.2) is 19.1 Å². The molecule has 2 rings (SSSR count). The second kappa shape index (κ2) is 8.59. The molecule has 0 aliphatic carbocycles. The van der Waals surface area contributed by atoms with Gasteiger partial charge in [-0.2, -0.15) is 0 Å². The zero-order chi connectivity index (χ0) is 15.8. The number of hydrogen-bond acceptors (Lipinski definition) is 2. The fourth-order valence-electron chi connectivity index (χ4n) is 2.03. The van der Waals surface area contributed by atoms with Crippen LogP contribution in [0.3, 0.4) is 0 Å². The normalized spacial score (nSPS) is 10.3. The molecule has 3 nitrogen and oxygen atoms in total. The molecule has 0 aliphatic rings. The average Bonchev–Trinajstić information content (AvgIpc) is 2.55. The summed E-state index contributed by atoms with van der Waals surface area (Å²) in [5, 5.41) is 2.83. The van der Waals surface area contributed by atoms with Crippen molar-refractivity contribution < 1.29 is 9.53 Å². The van der Waals surface area contributed by atoms with Gasteiger partial charge in [0.15, 0.2) is 6.61 Å². The molecule has 22 heavy (non-hydrogen) atoms. The first kappa shape index (κ1) is 16.6. The highest BCUT2D eigenvalue weighted by molar-refractivity contribution is 9.10. The molecule has 1 amide bonds. The fourth-order valence-corrected chi connectivity index (χ4v) is 2.52. The van der Waals surface area contributed by atoms with Crippen molar-refractivity contribution in [1.29, 1.82) is 0 Å². The number of rotatable bonds is 7. The molecule has 2 aromatic rings. The van der Waals surface area contributed by atoms with Crippen LogP contribution in [0.25, 0.3) is 11.1 Å². The standard InChI is InChI=1S/C18H20BrNO2/c1-2-3-11-20-18(21)13-22-17-10-9-15(12-16(17)19)14-7-5-4-6-8-14/h4-10,12H,2-3,11,13H2,1H3,(H,20,21). The highest BCUT2D eigenvalue weighted by Crippen LogP contribution is 2.30. The summed E-state index contributed by atoms with van der Waals surface area (Å²) in [4.78, 5) is 11.6. The minimum absolute atomic E-state index is 0.0347. The van der Waals surface area contributed by atoms with Crippen LogP contribution in [0.1, 0.15) is 19.8 Å². The quantitative estimate of drug-likeness (QED) is 0.741. The largest absolute Gasteiger partial charge is 0.483 e. The van der Waals surface area contributed by atoms with Crippen molar-refractivity contribution in [3.8, 4) is 16.9 Å². The van der Waals surface area contributed by atoms with Gasteiger partial charge in [-0.15, -0.1) is 0 Å². The predicted molar refractivity (Wildman–Crippen MR) is 93.0 cm³/mol. The topological polar surface area (TPSA) is 38.3 Å². The van der Waals surface area contributed by atoms with E-state index in [9.17, 15) is 4.79 Å². The number of unbranched alkanes of at least 4 members (excludes halogenated alkanes) is 1. The Bertz CT molecular complexity index is 614. The van der Waals surface area contributed by atoms with Gasteiger partial charge in [0.25, 0.3) is 5.91 Å². The maximum Gasteiger partial charge on any atom is 0.257 e. The highest BCUT2D eigenvalue weighted by atomic mass is 79.9. The van der Waals surface area contributed by atoms with Gasteiger partial charge in [-0.25, -0.2) is 0 Å². The first-order valence-electron chi connectivity index (χ1n) is 7.45. The van der Waals surface area contributed by atoms with Gasteiger partial charge in [0.1, 0.15) is 5.75 Å². The van der Waals surface area contributed by atoms with Crippen LogP contribution in [-0.2, 0) is 4.79 Å². The Balaban J connectivity index is 1.94. The summed E-state index contributed by atoms with van der Waals surface area (Å²) in [7, 11) is 0. The third-order valence-corrected chi connectivity index (χ3v) is 3.87. The summed E-state index contributed by atoms with van der Waals surface area (Å²) in [6, 6.07) is 16.0. The molecule has 2 aromatic carbocycles. The Morgan fingerprint density at radius 3 is 2.59 bits per heavy atom. The summed E-state index contributed by atoms with van der Waals surface area (Å²) in [6.45, 7) is 2.83. The molecule has 4 heteroatoms. The number of ether oxygens (including phenoxy) is 1. The van der Waals surface area contributed by atoms with Gasteiger partial charge in [-0.05, 0) is 45.6 Å². The van der Waals surface area contributed by atoms with Crippen LogP contribution >= 0.6 is 15.9 Å². The molecule has 0 unspecified atom stereocenters. The Morgan fingerprint density at radius 1 is 1.14 bits per heavy atom. The fraction of sp³-hybridized carbons (Fsp3) is 0.278. The van der Waals surface area contributed by atoms with Crippen LogP contribution in [0.4, 0.5) is 0 Å². The molecular weight excluding hydrogens is 342 g/mol. The lowest BCUT2D eigenvalue weighted by atomic mass is 10.1. The van der Waals surface area contributed by atoms with Crippen molar-refractivity contribution in [2.24, 2.45) is 0 Å². The van der Waals surface area contributed by atoms with E-state index in [1.807, 2.05) is 36.4 Å². The summed E-state index contributed by atoms with van der Waals surface area (Å²) in [6.07, 6.45) is 2.05. The molecule has 0 saturated carbocycles. The summed E-state index contributed by atoms with van der Waals surface area (Å²) < 4.78 is 6.40. The molecule has 0 fully saturated rings. The van der Waals surface area contributed by atoms with Crippen molar-refractivity contribution in [2.75, 3.05) is 13.2 Å². The summed E-state index contributed by atoms with van der Waals surface area (Å²) >= 11 is 3.50. The summed E-state index contributed by atoms with van der Waals surface area (Å²) in [5.41, 5.74) is 2.25. The van der Waals surface area contributed by atoms with Crippen LogP contribution in [0.2, 0.25) is 0 Å². The maximum atomic E-state index is 11.6. The second-order valence-electron chi connectivity index (χ2n) is 5.00. The van der Waals surface area contributed by atoms with Gasteiger partial charge in [0.2, 0.25) is 0 Å². The number of hydrogen-bond donors (Lipinski definition) is 1. The van der Waals surface area contributed by atoms with Crippen molar-refractivity contribution in [1.82, 2.24) is 5.32 Å². The van der Waals surface area contributed by atoms with Gasteiger partial charge >= 0.3 is 0 Å². The summed E-state index contributed by atoms with van der Waals surface area (Å²) in [5.74, 6) is 0.581. The van der Waals surface area contributed by atoms with Crippen molar-refractivity contribution in [2.45, 2.75) is 19.8 Å². The van der Waals surface area contributed by atoms with Crippen LogP contribution in [0.15, 0.2) is 53.0 Å². The number of benzene rings is 2. The molecule has 0 bridgehead atoms. The Labute approximate surface area is 139 Å². The van der Waals surface area contributed by atoms with Gasteiger partial charge in [0.05, 0.1) is 4.47 Å². The maximum absolute atomic E-state index is 11.6. The highest BCUT2D eigenvalue weighted by Gasteiger charge is 2.07. The number of nitrogens with one attached hydrogen (secondary N) is 1. The van der Waals surface area contributed by atoms with E-state index in [1.54, 1.807) is 0 Å². The first-order chi connectivity index (χ1) is 10.7. The van der Waals surface area contributed by atoms with Gasteiger partial charge in [-0.1, -0.05) is 49.7 Å². The molecular formula is C18H20BrNO2. The van der Waals surface area contributed by atoms with E-state index in [1.165, 1.54) is 0 Å². The lowest BCUT2D eigenvalue weighted by molar-refractivity contribution is -0.123. The average molecular weight is 362 g/mol. The Morgan fingerprint density at radius 2 is 1.91 bits per heavy atom. The first-order valence-corrected chi connectivity index (χ1v) is 8.24. The molecule has 0 heterocycles. The molecule has 0 aromatic heterocycles. The second-order valence-corrected chi connectivity index (χ2v) is 5.86. The molecule has 0 atom stereocenters. The number of halogens is 1. The lowest BCUT2D eigenvalue weighted by Crippen LogP contribution is -2.29. The van der Waals surface area contributed by atoms with Crippen LogP contribution in [0.5, 0.6) is 5.75 Å². The van der Waals surface area contributed by atoms with Gasteiger partial charge in [0, 0.05) is 6.54 Å². The predicted octanol–water partition coefficient (Wildman–Crippen LogP) is 4.41. The molecule has 0 radical (unpaired) electrons. The van der Waals surface area contributed by atoms with Crippen LogP contribution in [0, 0.1) is 0 Å². The zero-order valence-electron chi connectivity index (χ0n) is 12.6. The molecule has 0 saturated heterocycles. The molecule has 0 aliphatic heterocycles. The molecule has 116 valence electrons. The molecule has 1 N–H and O–H groups in total. The van der Waals surface area contributed by atoms with E-state index < -0.39 is 0 Å². The third-order valence-electron chi connectivity index (χ3n) is 3.25. The van der Waals surface area contributed by atoms with Crippen LogP contribution < -0.4 is 10.1 Å². The van der Waals surface area contributed by atoms with Gasteiger partial charge in [-0.3, -0.25) is 4.79 Å². The smallest absolute Gasteiger partial charge is 0.257 e. The van der Waals surface area contributed by atoms with Crippen molar-refractivity contribution in [3.63, 3.8) is 0 Å². The third kappa shape index (κ3) is 4.88. The van der Waals surface area contributed by atoms with E-state index >= 15 is 0 Å². The Kier molecular flexibility index (Phi) is 6.46. The minimum atomic E-state index is -0.0903. The van der Waals surface area contributed by atoms with E-state index in [0.29, 0.717) is 12.3 Å². The number of carbonyl (C=O) groups is 1. The minimum Gasteiger partial charge on any atom is -0.483 e. The number of amides is 1. The van der Waals surface area contributed by atoms with Crippen molar-refractivity contribution >= 4 is 21.8 Å². The monoisotopic (exact) mass is 361 g/mol. The molecule has 0 spiro atoms. The van der Waals surface area contributed by atoms with E-state index in [4.69, 9.17) is 4.74 Å². The van der Waals surface area contributed by atoms with E-state index in [2.05, 4.69) is 40.3 Å². The van der Waals surface area contributed by atoms with Crippen molar-refractivity contribution in [3.05, 3.63) is 53.0 Å². The number of carbonyl (C=O) groups excluding carboxylic acids is 1. The van der Waals surface area contributed by atoms with Gasteiger partial charge < -0.3 is 10.1 Å². The zero-order valence-corrected chi connectivity index (χ0v) is 14.2. The SMILES string of the molecule is CCCCNC(=O)COc1ccc(-c2ccccc2)cc1Br.